The Labute approximate surface area is 116 Å². The maximum absolute atomic E-state index is 13.7. The van der Waals surface area contributed by atoms with Crippen molar-refractivity contribution in [2.24, 2.45) is 0 Å². The van der Waals surface area contributed by atoms with Crippen LogP contribution in [-0.2, 0) is 0 Å². The largest absolute Gasteiger partial charge is 0.497 e. The number of nitrogens with one attached hydrogen (secondary N) is 2. The third-order valence-electron chi connectivity index (χ3n) is 2.63. The third kappa shape index (κ3) is 2.87. The molecule has 0 atom stereocenters. The number of methoxy groups -OCH3 is 2. The Kier molecular flexibility index (Phi) is 4.19. The second-order valence-corrected chi connectivity index (χ2v) is 3.83. The number of rotatable bonds is 5. The van der Waals surface area contributed by atoms with Crippen LogP contribution in [0.4, 0.5) is 21.8 Å². The maximum Gasteiger partial charge on any atom is 0.224 e. The van der Waals surface area contributed by atoms with Crippen LogP contribution < -0.4 is 20.1 Å². The first-order chi connectivity index (χ1) is 9.67. The molecule has 0 spiro atoms. The lowest BCUT2D eigenvalue weighted by atomic mass is 10.2. The Balaban J connectivity index is 2.34. The molecule has 7 heteroatoms. The highest BCUT2D eigenvalue weighted by Crippen LogP contribution is 2.31. The standard InChI is InChI=1S/C13H15FN4O2/c1-15-13-16-7-9(14)12(18-13)17-10-5-4-8(19-2)6-11(10)20-3/h4-7H,1-3H3,(H2,15,16,17,18). The summed E-state index contributed by atoms with van der Waals surface area (Å²) in [5.41, 5.74) is 0.577. The quantitative estimate of drug-likeness (QED) is 0.875. The summed E-state index contributed by atoms with van der Waals surface area (Å²) in [5.74, 6) is 0.996. The van der Waals surface area contributed by atoms with Crippen LogP contribution in [0.15, 0.2) is 24.4 Å². The van der Waals surface area contributed by atoms with E-state index in [0.717, 1.165) is 6.20 Å². The lowest BCUT2D eigenvalue weighted by Crippen LogP contribution is -2.04. The minimum atomic E-state index is -0.554. The van der Waals surface area contributed by atoms with Gasteiger partial charge in [0.25, 0.3) is 0 Å². The number of benzene rings is 1. The fourth-order valence-corrected chi connectivity index (χ4v) is 1.60. The smallest absolute Gasteiger partial charge is 0.224 e. The lowest BCUT2D eigenvalue weighted by Gasteiger charge is -2.12. The minimum Gasteiger partial charge on any atom is -0.497 e. The summed E-state index contributed by atoms with van der Waals surface area (Å²) in [6.07, 6.45) is 1.09. The van der Waals surface area contributed by atoms with Gasteiger partial charge in [-0.25, -0.2) is 9.37 Å². The van der Waals surface area contributed by atoms with Crippen LogP contribution >= 0.6 is 0 Å². The average Bonchev–Trinajstić information content (AvgIpc) is 2.49. The molecule has 0 radical (unpaired) electrons. The molecule has 1 heterocycles. The average molecular weight is 278 g/mol. The van der Waals surface area contributed by atoms with Crippen molar-refractivity contribution in [3.05, 3.63) is 30.2 Å². The molecule has 1 aromatic carbocycles. The molecule has 0 unspecified atom stereocenters. The number of halogens is 1. The van der Waals surface area contributed by atoms with Gasteiger partial charge in [-0.1, -0.05) is 0 Å². The minimum absolute atomic E-state index is 0.0628. The van der Waals surface area contributed by atoms with Gasteiger partial charge in [-0.15, -0.1) is 0 Å². The van der Waals surface area contributed by atoms with E-state index in [1.807, 2.05) is 0 Å². The number of nitrogens with zero attached hydrogens (tertiary/aromatic N) is 2. The first kappa shape index (κ1) is 13.9. The van der Waals surface area contributed by atoms with Gasteiger partial charge in [0.1, 0.15) is 11.5 Å². The summed E-state index contributed by atoms with van der Waals surface area (Å²) in [4.78, 5) is 7.79. The Morgan fingerprint density at radius 1 is 1.20 bits per heavy atom. The zero-order valence-corrected chi connectivity index (χ0v) is 11.4. The summed E-state index contributed by atoms with van der Waals surface area (Å²) in [7, 11) is 4.74. The molecule has 2 N–H and O–H groups in total. The number of ether oxygens (including phenoxy) is 2. The van der Waals surface area contributed by atoms with E-state index in [0.29, 0.717) is 23.1 Å². The van der Waals surface area contributed by atoms with Crippen LogP contribution in [0.5, 0.6) is 11.5 Å². The Bertz CT molecular complexity index is 607. The molecule has 0 saturated carbocycles. The van der Waals surface area contributed by atoms with Crippen molar-refractivity contribution in [3.63, 3.8) is 0 Å². The second kappa shape index (κ2) is 6.05. The van der Waals surface area contributed by atoms with E-state index in [2.05, 4.69) is 20.6 Å². The highest BCUT2D eigenvalue weighted by molar-refractivity contribution is 5.66. The fraction of sp³-hybridized carbons (Fsp3) is 0.231. The van der Waals surface area contributed by atoms with Gasteiger partial charge in [0.15, 0.2) is 11.6 Å². The van der Waals surface area contributed by atoms with Crippen molar-refractivity contribution in [1.82, 2.24) is 9.97 Å². The van der Waals surface area contributed by atoms with E-state index >= 15 is 0 Å². The van der Waals surface area contributed by atoms with Crippen LogP contribution in [0.25, 0.3) is 0 Å². The van der Waals surface area contributed by atoms with E-state index in [1.54, 1.807) is 32.4 Å². The van der Waals surface area contributed by atoms with Crippen molar-refractivity contribution in [3.8, 4) is 11.5 Å². The Morgan fingerprint density at radius 3 is 2.65 bits per heavy atom. The topological polar surface area (TPSA) is 68.3 Å². The maximum atomic E-state index is 13.7. The molecule has 0 aliphatic carbocycles. The highest BCUT2D eigenvalue weighted by Gasteiger charge is 2.10. The second-order valence-electron chi connectivity index (χ2n) is 3.83. The van der Waals surface area contributed by atoms with Gasteiger partial charge >= 0.3 is 0 Å². The van der Waals surface area contributed by atoms with Gasteiger partial charge < -0.3 is 20.1 Å². The lowest BCUT2D eigenvalue weighted by molar-refractivity contribution is 0.395. The summed E-state index contributed by atoms with van der Waals surface area (Å²) in [5, 5.41) is 5.62. The van der Waals surface area contributed by atoms with E-state index in [1.165, 1.54) is 7.11 Å². The van der Waals surface area contributed by atoms with Gasteiger partial charge in [-0.2, -0.15) is 4.98 Å². The van der Waals surface area contributed by atoms with Crippen molar-refractivity contribution in [1.29, 1.82) is 0 Å². The van der Waals surface area contributed by atoms with E-state index in [-0.39, 0.29) is 5.82 Å². The third-order valence-corrected chi connectivity index (χ3v) is 2.63. The molecule has 2 aromatic rings. The molecule has 106 valence electrons. The Hall–Kier alpha value is -2.57. The number of hydrogen-bond acceptors (Lipinski definition) is 6. The van der Waals surface area contributed by atoms with Crippen LogP contribution in [0.2, 0.25) is 0 Å². The Morgan fingerprint density at radius 2 is 2.00 bits per heavy atom. The summed E-state index contributed by atoms with van der Waals surface area (Å²) < 4.78 is 24.0. The number of aromatic nitrogens is 2. The first-order valence-corrected chi connectivity index (χ1v) is 5.87. The van der Waals surface area contributed by atoms with Crippen molar-refractivity contribution < 1.29 is 13.9 Å². The molecular formula is C13H15FN4O2. The fourth-order valence-electron chi connectivity index (χ4n) is 1.60. The molecule has 0 fully saturated rings. The monoisotopic (exact) mass is 278 g/mol. The number of anilines is 3. The molecule has 0 aliphatic heterocycles. The van der Waals surface area contributed by atoms with E-state index in [9.17, 15) is 4.39 Å². The van der Waals surface area contributed by atoms with E-state index in [4.69, 9.17) is 9.47 Å². The molecular weight excluding hydrogens is 263 g/mol. The first-order valence-electron chi connectivity index (χ1n) is 5.87. The van der Waals surface area contributed by atoms with Crippen LogP contribution in [0, 0.1) is 5.82 Å². The van der Waals surface area contributed by atoms with Crippen LogP contribution in [0.1, 0.15) is 0 Å². The number of hydrogen-bond donors (Lipinski definition) is 2. The summed E-state index contributed by atoms with van der Waals surface area (Å²) in [6, 6.07) is 5.15. The molecule has 1 aromatic heterocycles. The van der Waals surface area contributed by atoms with E-state index < -0.39 is 5.82 Å². The van der Waals surface area contributed by atoms with Gasteiger partial charge in [0.05, 0.1) is 26.1 Å². The molecule has 0 bridgehead atoms. The molecule has 20 heavy (non-hydrogen) atoms. The predicted octanol–water partition coefficient (Wildman–Crippen LogP) is 2.42. The zero-order chi connectivity index (χ0) is 14.5. The van der Waals surface area contributed by atoms with Crippen molar-refractivity contribution in [2.45, 2.75) is 0 Å². The van der Waals surface area contributed by atoms with Gasteiger partial charge in [0.2, 0.25) is 5.95 Å². The SMILES string of the molecule is CNc1ncc(F)c(Nc2ccc(OC)cc2OC)n1. The summed E-state index contributed by atoms with van der Waals surface area (Å²) >= 11 is 0. The van der Waals surface area contributed by atoms with Crippen molar-refractivity contribution >= 4 is 17.5 Å². The van der Waals surface area contributed by atoms with Crippen LogP contribution in [0.3, 0.4) is 0 Å². The van der Waals surface area contributed by atoms with Gasteiger partial charge in [-0.3, -0.25) is 0 Å². The zero-order valence-electron chi connectivity index (χ0n) is 11.4. The molecule has 2 rings (SSSR count). The molecule has 6 nitrogen and oxygen atoms in total. The molecule has 0 amide bonds. The predicted molar refractivity (Wildman–Crippen MR) is 74.4 cm³/mol. The van der Waals surface area contributed by atoms with Gasteiger partial charge in [-0.05, 0) is 12.1 Å². The summed E-state index contributed by atoms with van der Waals surface area (Å²) in [6.45, 7) is 0. The molecule has 0 aliphatic rings. The van der Waals surface area contributed by atoms with Crippen LogP contribution in [-0.4, -0.2) is 31.2 Å². The highest BCUT2D eigenvalue weighted by atomic mass is 19.1. The van der Waals surface area contributed by atoms with Crippen molar-refractivity contribution in [2.75, 3.05) is 31.9 Å². The van der Waals surface area contributed by atoms with Gasteiger partial charge in [0, 0.05) is 13.1 Å². The normalized spacial score (nSPS) is 10.0. The molecule has 0 saturated heterocycles.